The lowest BCUT2D eigenvalue weighted by Gasteiger charge is -2.14. The summed E-state index contributed by atoms with van der Waals surface area (Å²) in [6.45, 7) is 0.247. The number of halogens is 3. The van der Waals surface area contributed by atoms with E-state index in [9.17, 15) is 9.59 Å². The standard InChI is InChI=1S/C18H15Cl2N3O4.ClH/c1-26-16(21)11-4-2-3-5-14(11)27-7-6-23-13-9-10(19)8-12(20)15(13)17(24)22-18(23)25;/h2-5,8-9,21H,6-7H2,1H3,(H,22,24,25);1H. The Morgan fingerprint density at radius 3 is 2.64 bits per heavy atom. The van der Waals surface area contributed by atoms with Crippen molar-refractivity contribution >= 4 is 52.4 Å². The highest BCUT2D eigenvalue weighted by Gasteiger charge is 2.13. The largest absolute Gasteiger partial charge is 0.491 e. The van der Waals surface area contributed by atoms with Crippen LogP contribution in [0.3, 0.4) is 0 Å². The summed E-state index contributed by atoms with van der Waals surface area (Å²) in [5.74, 6) is 0.415. The van der Waals surface area contributed by atoms with Crippen LogP contribution in [0.25, 0.3) is 10.9 Å². The molecule has 0 atom stereocenters. The molecular formula is C18H16Cl3N3O4. The Hall–Kier alpha value is -2.48. The number of aromatic nitrogens is 2. The molecule has 148 valence electrons. The molecule has 0 saturated heterocycles. The van der Waals surface area contributed by atoms with Gasteiger partial charge in [-0.25, -0.2) is 4.79 Å². The van der Waals surface area contributed by atoms with Gasteiger partial charge in [-0.2, -0.15) is 0 Å². The van der Waals surface area contributed by atoms with E-state index in [4.69, 9.17) is 38.1 Å². The fraction of sp³-hybridized carbons (Fsp3) is 0.167. The van der Waals surface area contributed by atoms with Crippen LogP contribution < -0.4 is 16.0 Å². The van der Waals surface area contributed by atoms with Gasteiger partial charge in [0.25, 0.3) is 5.56 Å². The van der Waals surface area contributed by atoms with E-state index in [1.165, 1.54) is 23.8 Å². The minimum absolute atomic E-state index is 0. The van der Waals surface area contributed by atoms with Crippen LogP contribution in [0.2, 0.25) is 10.0 Å². The fourth-order valence-electron chi connectivity index (χ4n) is 2.69. The van der Waals surface area contributed by atoms with Gasteiger partial charge < -0.3 is 9.47 Å². The molecule has 0 saturated carbocycles. The number of H-pyrrole nitrogens is 1. The van der Waals surface area contributed by atoms with Crippen molar-refractivity contribution in [1.29, 1.82) is 5.41 Å². The minimum atomic E-state index is -0.590. The topological polar surface area (TPSA) is 97.2 Å². The van der Waals surface area contributed by atoms with Crippen LogP contribution in [-0.2, 0) is 11.3 Å². The highest BCUT2D eigenvalue weighted by molar-refractivity contribution is 6.38. The first-order valence-corrected chi connectivity index (χ1v) is 8.64. The maximum atomic E-state index is 12.3. The predicted molar refractivity (Wildman–Crippen MR) is 112 cm³/mol. The van der Waals surface area contributed by atoms with Gasteiger partial charge in [0.2, 0.25) is 5.90 Å². The summed E-state index contributed by atoms with van der Waals surface area (Å²) >= 11 is 12.1. The number of nitrogens with one attached hydrogen (secondary N) is 2. The molecule has 10 heteroatoms. The molecule has 1 heterocycles. The molecule has 3 rings (SSSR count). The number of aromatic amines is 1. The van der Waals surface area contributed by atoms with Crippen molar-refractivity contribution in [1.82, 2.24) is 9.55 Å². The van der Waals surface area contributed by atoms with E-state index in [-0.39, 0.29) is 41.9 Å². The number of rotatable bonds is 5. The summed E-state index contributed by atoms with van der Waals surface area (Å²) in [6.07, 6.45) is 0. The van der Waals surface area contributed by atoms with Crippen molar-refractivity contribution in [2.75, 3.05) is 13.7 Å². The highest BCUT2D eigenvalue weighted by Crippen LogP contribution is 2.24. The maximum absolute atomic E-state index is 12.3. The lowest BCUT2D eigenvalue weighted by molar-refractivity contribution is 0.295. The van der Waals surface area contributed by atoms with Crippen molar-refractivity contribution in [3.8, 4) is 5.75 Å². The van der Waals surface area contributed by atoms with Crippen LogP contribution in [0.15, 0.2) is 46.0 Å². The van der Waals surface area contributed by atoms with Crippen LogP contribution in [0.1, 0.15) is 5.56 Å². The number of benzene rings is 2. The molecule has 0 spiro atoms. The number of ether oxygens (including phenoxy) is 2. The van der Waals surface area contributed by atoms with E-state index in [1.54, 1.807) is 24.3 Å². The molecule has 0 fully saturated rings. The molecule has 0 aliphatic carbocycles. The van der Waals surface area contributed by atoms with Crippen molar-refractivity contribution in [3.63, 3.8) is 0 Å². The molecule has 1 aromatic heterocycles. The average molecular weight is 445 g/mol. The first-order chi connectivity index (χ1) is 12.9. The molecule has 2 aromatic carbocycles. The second-order valence-electron chi connectivity index (χ2n) is 5.57. The Morgan fingerprint density at radius 1 is 1.21 bits per heavy atom. The third-order valence-electron chi connectivity index (χ3n) is 3.93. The lowest BCUT2D eigenvalue weighted by atomic mass is 10.2. The molecule has 28 heavy (non-hydrogen) atoms. The molecule has 0 unspecified atom stereocenters. The number of fused-ring (bicyclic) bond motifs is 1. The second kappa shape index (κ2) is 9.14. The second-order valence-corrected chi connectivity index (χ2v) is 6.41. The highest BCUT2D eigenvalue weighted by atomic mass is 35.5. The molecule has 3 aromatic rings. The van der Waals surface area contributed by atoms with Gasteiger partial charge in [-0.05, 0) is 24.3 Å². The first-order valence-electron chi connectivity index (χ1n) is 7.89. The van der Waals surface area contributed by atoms with E-state index < -0.39 is 11.2 Å². The molecule has 0 aliphatic heterocycles. The van der Waals surface area contributed by atoms with Crippen molar-refractivity contribution in [3.05, 3.63) is 72.8 Å². The van der Waals surface area contributed by atoms with Crippen LogP contribution in [0, 0.1) is 5.41 Å². The Bertz CT molecular complexity index is 1140. The van der Waals surface area contributed by atoms with E-state index in [2.05, 4.69) is 4.98 Å². The average Bonchev–Trinajstić information content (AvgIpc) is 2.63. The first kappa shape index (κ1) is 21.8. The SMILES string of the molecule is COC(=N)c1ccccc1OCCn1c(=O)[nH]c(=O)c2c(Cl)cc(Cl)cc21.Cl. The summed E-state index contributed by atoms with van der Waals surface area (Å²) in [5, 5.41) is 8.46. The molecule has 0 bridgehead atoms. The van der Waals surface area contributed by atoms with Gasteiger partial charge >= 0.3 is 5.69 Å². The summed E-state index contributed by atoms with van der Waals surface area (Å²) < 4.78 is 12.0. The van der Waals surface area contributed by atoms with Gasteiger partial charge in [0.15, 0.2) is 0 Å². The lowest BCUT2D eigenvalue weighted by Crippen LogP contribution is -2.32. The quantitative estimate of drug-likeness (QED) is 0.465. The van der Waals surface area contributed by atoms with Gasteiger partial charge in [0.05, 0.1) is 35.1 Å². The van der Waals surface area contributed by atoms with E-state index >= 15 is 0 Å². The zero-order valence-electron chi connectivity index (χ0n) is 14.6. The van der Waals surface area contributed by atoms with Crippen LogP contribution in [0.5, 0.6) is 5.75 Å². The minimum Gasteiger partial charge on any atom is -0.491 e. The zero-order chi connectivity index (χ0) is 19.6. The molecule has 2 N–H and O–H groups in total. The number of nitrogens with zero attached hydrogens (tertiary/aromatic N) is 1. The Balaban J connectivity index is 0.00000280. The van der Waals surface area contributed by atoms with E-state index in [1.807, 2.05) is 0 Å². The van der Waals surface area contributed by atoms with Crippen molar-refractivity contribution in [2.45, 2.75) is 6.54 Å². The summed E-state index contributed by atoms with van der Waals surface area (Å²) in [5.41, 5.74) is -0.354. The zero-order valence-corrected chi connectivity index (χ0v) is 17.0. The molecular weight excluding hydrogens is 429 g/mol. The van der Waals surface area contributed by atoms with Crippen molar-refractivity contribution < 1.29 is 9.47 Å². The normalized spacial score (nSPS) is 10.4. The Kier molecular flexibility index (Phi) is 7.12. The van der Waals surface area contributed by atoms with Gasteiger partial charge in [0, 0.05) is 5.02 Å². The molecule has 0 radical (unpaired) electrons. The monoisotopic (exact) mass is 443 g/mol. The Labute approximate surface area is 175 Å². The smallest absolute Gasteiger partial charge is 0.328 e. The van der Waals surface area contributed by atoms with Crippen LogP contribution in [0.4, 0.5) is 0 Å². The van der Waals surface area contributed by atoms with Gasteiger partial charge in [-0.1, -0.05) is 35.3 Å². The third kappa shape index (κ3) is 4.32. The van der Waals surface area contributed by atoms with E-state index in [0.717, 1.165) is 0 Å². The van der Waals surface area contributed by atoms with Gasteiger partial charge in [-0.15, -0.1) is 12.4 Å². The number of hydrogen-bond donors (Lipinski definition) is 2. The molecule has 0 amide bonds. The summed E-state index contributed by atoms with van der Waals surface area (Å²) in [7, 11) is 1.40. The number of methoxy groups -OCH3 is 1. The fourth-order valence-corrected chi connectivity index (χ4v) is 3.26. The molecule has 7 nitrogen and oxygen atoms in total. The predicted octanol–water partition coefficient (Wildman–Crippen LogP) is 3.47. The van der Waals surface area contributed by atoms with Gasteiger partial charge in [-0.3, -0.25) is 19.8 Å². The van der Waals surface area contributed by atoms with Gasteiger partial charge in [0.1, 0.15) is 12.4 Å². The van der Waals surface area contributed by atoms with E-state index in [0.29, 0.717) is 21.9 Å². The van der Waals surface area contributed by atoms with Crippen LogP contribution in [-0.4, -0.2) is 29.2 Å². The molecule has 0 aliphatic rings. The number of hydrogen-bond acceptors (Lipinski definition) is 5. The summed E-state index contributed by atoms with van der Waals surface area (Å²) in [4.78, 5) is 26.6. The van der Waals surface area contributed by atoms with Crippen LogP contribution >= 0.6 is 35.6 Å². The third-order valence-corrected chi connectivity index (χ3v) is 4.44. The van der Waals surface area contributed by atoms with Crippen molar-refractivity contribution in [2.24, 2.45) is 0 Å². The summed E-state index contributed by atoms with van der Waals surface area (Å²) in [6, 6.07) is 9.88. The number of para-hydroxylation sites is 1. The maximum Gasteiger partial charge on any atom is 0.328 e. The Morgan fingerprint density at radius 2 is 1.93 bits per heavy atom.